The van der Waals surface area contributed by atoms with Gasteiger partial charge in [0.15, 0.2) is 5.69 Å². The summed E-state index contributed by atoms with van der Waals surface area (Å²) in [5.41, 5.74) is 0.0251. The summed E-state index contributed by atoms with van der Waals surface area (Å²) in [6.45, 7) is 3.01. The van der Waals surface area contributed by atoms with E-state index in [4.69, 9.17) is 5.11 Å². The number of unbranched alkanes of at least 4 members (excludes halogenated alkanes) is 9. The van der Waals surface area contributed by atoms with Crippen LogP contribution < -0.4 is 0 Å². The quantitative estimate of drug-likeness (QED) is 0.590. The average molecular weight is 281 g/mol. The van der Waals surface area contributed by atoms with E-state index in [1.807, 2.05) is 0 Å². The van der Waals surface area contributed by atoms with Crippen LogP contribution in [0.25, 0.3) is 0 Å². The number of nitrogens with zero attached hydrogens (tertiary/aromatic N) is 3. The minimum atomic E-state index is -1.01. The molecule has 0 bridgehead atoms. The Hall–Kier alpha value is -1.39. The molecular formula is C15H27N3O2. The smallest absolute Gasteiger partial charge is 0.358 e. The van der Waals surface area contributed by atoms with E-state index < -0.39 is 5.97 Å². The van der Waals surface area contributed by atoms with Crippen LogP contribution in [0.15, 0.2) is 6.20 Å². The zero-order valence-electron chi connectivity index (χ0n) is 12.6. The van der Waals surface area contributed by atoms with Crippen molar-refractivity contribution in [2.45, 2.75) is 77.7 Å². The summed E-state index contributed by atoms with van der Waals surface area (Å²) in [6, 6.07) is 0. The second-order valence-corrected chi connectivity index (χ2v) is 5.35. The number of carbonyl (C=O) groups is 1. The van der Waals surface area contributed by atoms with Crippen molar-refractivity contribution in [3.63, 3.8) is 0 Å². The van der Waals surface area contributed by atoms with Gasteiger partial charge in [-0.05, 0) is 6.42 Å². The van der Waals surface area contributed by atoms with Gasteiger partial charge in [0.2, 0.25) is 0 Å². The molecule has 0 aliphatic heterocycles. The van der Waals surface area contributed by atoms with Crippen LogP contribution in [0.2, 0.25) is 0 Å². The SMILES string of the molecule is CCCCCCCCCCCCn1cc(C(=O)O)nn1. The second-order valence-electron chi connectivity index (χ2n) is 5.35. The fourth-order valence-corrected chi connectivity index (χ4v) is 2.27. The highest BCUT2D eigenvalue weighted by molar-refractivity contribution is 5.84. The molecule has 0 atom stereocenters. The van der Waals surface area contributed by atoms with E-state index >= 15 is 0 Å². The van der Waals surface area contributed by atoms with Gasteiger partial charge in [-0.2, -0.15) is 0 Å². The van der Waals surface area contributed by atoms with Crippen molar-refractivity contribution >= 4 is 5.97 Å². The largest absolute Gasteiger partial charge is 0.476 e. The average Bonchev–Trinajstić information content (AvgIpc) is 2.90. The number of carboxylic acid groups (broad SMARTS) is 1. The Bertz CT molecular complexity index is 377. The zero-order valence-corrected chi connectivity index (χ0v) is 12.6. The molecule has 1 aromatic rings. The number of rotatable bonds is 12. The van der Waals surface area contributed by atoms with Gasteiger partial charge in [0.25, 0.3) is 0 Å². The number of hydrogen-bond acceptors (Lipinski definition) is 3. The number of aromatic carboxylic acids is 1. The van der Waals surface area contributed by atoms with E-state index in [0.29, 0.717) is 0 Å². The van der Waals surface area contributed by atoms with E-state index in [0.717, 1.165) is 13.0 Å². The van der Waals surface area contributed by atoms with Gasteiger partial charge in [-0.15, -0.1) is 5.10 Å². The molecule has 1 aromatic heterocycles. The molecule has 0 saturated heterocycles. The van der Waals surface area contributed by atoms with Crippen molar-refractivity contribution in [2.24, 2.45) is 0 Å². The molecule has 20 heavy (non-hydrogen) atoms. The molecule has 0 aliphatic carbocycles. The van der Waals surface area contributed by atoms with Gasteiger partial charge in [-0.3, -0.25) is 4.68 Å². The first-order valence-corrected chi connectivity index (χ1v) is 7.87. The predicted molar refractivity (Wildman–Crippen MR) is 78.8 cm³/mol. The third-order valence-electron chi connectivity index (χ3n) is 3.50. The maximum atomic E-state index is 10.6. The number of aryl methyl sites for hydroxylation is 1. The molecule has 0 aromatic carbocycles. The van der Waals surface area contributed by atoms with Crippen molar-refractivity contribution in [1.29, 1.82) is 0 Å². The Labute approximate surface area is 121 Å². The molecule has 5 heteroatoms. The molecule has 1 rings (SSSR count). The van der Waals surface area contributed by atoms with Gasteiger partial charge < -0.3 is 5.11 Å². The van der Waals surface area contributed by atoms with Crippen molar-refractivity contribution in [1.82, 2.24) is 15.0 Å². The molecule has 0 spiro atoms. The first-order valence-electron chi connectivity index (χ1n) is 7.87. The Morgan fingerprint density at radius 2 is 1.60 bits per heavy atom. The zero-order chi connectivity index (χ0) is 14.6. The molecule has 1 N–H and O–H groups in total. The minimum Gasteiger partial charge on any atom is -0.476 e. The molecular weight excluding hydrogens is 254 g/mol. The highest BCUT2D eigenvalue weighted by Gasteiger charge is 2.07. The number of aromatic nitrogens is 3. The van der Waals surface area contributed by atoms with Crippen LogP contribution in [0, 0.1) is 0 Å². The molecule has 1 heterocycles. The van der Waals surface area contributed by atoms with Crippen LogP contribution in [-0.4, -0.2) is 26.1 Å². The molecule has 114 valence electrons. The van der Waals surface area contributed by atoms with Crippen molar-refractivity contribution in [3.05, 3.63) is 11.9 Å². The van der Waals surface area contributed by atoms with Crippen molar-refractivity contribution in [3.8, 4) is 0 Å². The van der Waals surface area contributed by atoms with Crippen LogP contribution in [0.1, 0.15) is 81.6 Å². The topological polar surface area (TPSA) is 68.0 Å². The number of hydrogen-bond donors (Lipinski definition) is 1. The van der Waals surface area contributed by atoms with Gasteiger partial charge in [-0.25, -0.2) is 4.79 Å². The maximum Gasteiger partial charge on any atom is 0.358 e. The Morgan fingerprint density at radius 1 is 1.05 bits per heavy atom. The standard InChI is InChI=1S/C15H27N3O2/c1-2-3-4-5-6-7-8-9-10-11-12-18-13-14(15(19)20)16-17-18/h13H,2-12H2,1H3,(H,19,20). The minimum absolute atomic E-state index is 0.0251. The summed E-state index contributed by atoms with van der Waals surface area (Å²) in [4.78, 5) is 10.6. The highest BCUT2D eigenvalue weighted by atomic mass is 16.4. The van der Waals surface area contributed by atoms with E-state index in [-0.39, 0.29) is 5.69 Å². The monoisotopic (exact) mass is 281 g/mol. The van der Waals surface area contributed by atoms with E-state index in [1.165, 1.54) is 64.0 Å². The lowest BCUT2D eigenvalue weighted by Crippen LogP contribution is -1.99. The van der Waals surface area contributed by atoms with Crippen LogP contribution in [0.3, 0.4) is 0 Å². The summed E-state index contributed by atoms with van der Waals surface area (Å²) in [6.07, 6.45) is 14.4. The second kappa shape index (κ2) is 10.4. The van der Waals surface area contributed by atoms with Gasteiger partial charge in [-0.1, -0.05) is 69.9 Å². The van der Waals surface area contributed by atoms with Crippen LogP contribution in [0.5, 0.6) is 0 Å². The fourth-order valence-electron chi connectivity index (χ4n) is 2.27. The summed E-state index contributed by atoms with van der Waals surface area (Å²) < 4.78 is 1.62. The summed E-state index contributed by atoms with van der Waals surface area (Å²) >= 11 is 0. The Morgan fingerprint density at radius 3 is 2.10 bits per heavy atom. The highest BCUT2D eigenvalue weighted by Crippen LogP contribution is 2.10. The van der Waals surface area contributed by atoms with Crippen molar-refractivity contribution in [2.75, 3.05) is 0 Å². The predicted octanol–water partition coefficient (Wildman–Crippen LogP) is 3.90. The molecule has 0 aliphatic rings. The lowest BCUT2D eigenvalue weighted by molar-refractivity contribution is 0.0690. The molecule has 0 radical (unpaired) electrons. The molecule has 0 saturated carbocycles. The molecule has 0 fully saturated rings. The van der Waals surface area contributed by atoms with Gasteiger partial charge in [0, 0.05) is 6.54 Å². The maximum absolute atomic E-state index is 10.6. The summed E-state index contributed by atoms with van der Waals surface area (Å²) in [7, 11) is 0. The van der Waals surface area contributed by atoms with Crippen LogP contribution in [0.4, 0.5) is 0 Å². The molecule has 5 nitrogen and oxygen atoms in total. The first-order chi connectivity index (χ1) is 9.74. The first kappa shape index (κ1) is 16.7. The number of carboxylic acids is 1. The third kappa shape index (κ3) is 7.26. The van der Waals surface area contributed by atoms with Gasteiger partial charge in [0.1, 0.15) is 0 Å². The van der Waals surface area contributed by atoms with Gasteiger partial charge >= 0.3 is 5.97 Å². The van der Waals surface area contributed by atoms with E-state index in [1.54, 1.807) is 4.68 Å². The van der Waals surface area contributed by atoms with Crippen LogP contribution >= 0.6 is 0 Å². The fraction of sp³-hybridized carbons (Fsp3) is 0.800. The lowest BCUT2D eigenvalue weighted by atomic mass is 10.1. The lowest BCUT2D eigenvalue weighted by Gasteiger charge is -2.02. The summed E-state index contributed by atoms with van der Waals surface area (Å²) in [5, 5.41) is 16.1. The van der Waals surface area contributed by atoms with E-state index in [9.17, 15) is 4.79 Å². The molecule has 0 amide bonds. The van der Waals surface area contributed by atoms with E-state index in [2.05, 4.69) is 17.2 Å². The Balaban J connectivity index is 1.93. The molecule has 0 unspecified atom stereocenters. The normalized spacial score (nSPS) is 10.8. The summed E-state index contributed by atoms with van der Waals surface area (Å²) in [5.74, 6) is -1.01. The van der Waals surface area contributed by atoms with Crippen LogP contribution in [-0.2, 0) is 6.54 Å². The van der Waals surface area contributed by atoms with Crippen molar-refractivity contribution < 1.29 is 9.90 Å². The van der Waals surface area contributed by atoms with Gasteiger partial charge in [0.05, 0.1) is 6.20 Å². The third-order valence-corrected chi connectivity index (χ3v) is 3.50. The Kier molecular flexibility index (Phi) is 8.67.